The molecule has 0 saturated carbocycles. The molecule has 1 amide bonds. The highest BCUT2D eigenvalue weighted by Crippen LogP contribution is 2.32. The number of benzene rings is 2. The lowest BCUT2D eigenvalue weighted by molar-refractivity contribution is 0.102. The van der Waals surface area contributed by atoms with E-state index in [-0.39, 0.29) is 11.6 Å². The van der Waals surface area contributed by atoms with E-state index >= 15 is 0 Å². The van der Waals surface area contributed by atoms with Crippen molar-refractivity contribution in [3.63, 3.8) is 0 Å². The molecule has 4 rings (SSSR count). The molecule has 4 aromatic rings. The predicted octanol–water partition coefficient (Wildman–Crippen LogP) is 3.68. The zero-order valence-corrected chi connectivity index (χ0v) is 18.1. The lowest BCUT2D eigenvalue weighted by Crippen LogP contribution is -2.13. The molecule has 9 heteroatoms. The number of amides is 1. The number of rotatable bonds is 7. The van der Waals surface area contributed by atoms with Gasteiger partial charge in [0.15, 0.2) is 22.8 Å². The molecular formula is C23H22N4O5. The zero-order chi connectivity index (χ0) is 22.7. The van der Waals surface area contributed by atoms with Crippen LogP contribution < -0.4 is 24.3 Å². The smallest absolute Gasteiger partial charge is 0.276 e. The third-order valence-electron chi connectivity index (χ3n) is 4.89. The van der Waals surface area contributed by atoms with Gasteiger partial charge in [-0.15, -0.1) is 0 Å². The van der Waals surface area contributed by atoms with Gasteiger partial charge >= 0.3 is 0 Å². The summed E-state index contributed by atoms with van der Waals surface area (Å²) in [6.45, 7) is 0. The minimum atomic E-state index is -0.383. The molecule has 0 aliphatic carbocycles. The number of fused-ring (bicyclic) bond motifs is 1. The maximum Gasteiger partial charge on any atom is 0.276 e. The summed E-state index contributed by atoms with van der Waals surface area (Å²) in [6, 6.07) is 14.1. The maximum absolute atomic E-state index is 12.8. The molecule has 0 aliphatic rings. The number of nitrogens with one attached hydrogen (secondary N) is 1. The number of carbonyl (C=O) groups is 1. The number of hydrogen-bond donors (Lipinski definition) is 1. The molecule has 9 nitrogen and oxygen atoms in total. The molecule has 0 bridgehead atoms. The number of carbonyl (C=O) groups excluding carboxylic acids is 1. The Morgan fingerprint density at radius 2 is 1.62 bits per heavy atom. The first kappa shape index (κ1) is 21.0. The van der Waals surface area contributed by atoms with Crippen LogP contribution in [0.3, 0.4) is 0 Å². The first-order chi connectivity index (χ1) is 15.6. The number of hydrogen-bond acceptors (Lipinski definition) is 7. The van der Waals surface area contributed by atoms with E-state index in [1.165, 1.54) is 7.11 Å². The van der Waals surface area contributed by atoms with Crippen LogP contribution in [0.25, 0.3) is 16.9 Å². The molecule has 2 heterocycles. The second-order valence-corrected chi connectivity index (χ2v) is 6.74. The molecule has 2 aromatic heterocycles. The largest absolute Gasteiger partial charge is 0.497 e. The molecule has 32 heavy (non-hydrogen) atoms. The highest BCUT2D eigenvalue weighted by atomic mass is 16.5. The molecule has 0 saturated heterocycles. The summed E-state index contributed by atoms with van der Waals surface area (Å²) in [4.78, 5) is 17.4. The number of aromatic nitrogens is 3. The Kier molecular flexibility index (Phi) is 5.80. The van der Waals surface area contributed by atoms with Gasteiger partial charge in [-0.25, -0.2) is 9.50 Å². The molecule has 0 unspecified atom stereocenters. The summed E-state index contributed by atoms with van der Waals surface area (Å²) in [5.74, 6) is 1.96. The minimum absolute atomic E-state index is 0.222. The molecule has 0 atom stereocenters. The van der Waals surface area contributed by atoms with Crippen LogP contribution in [0.15, 0.2) is 54.7 Å². The summed E-state index contributed by atoms with van der Waals surface area (Å²) < 4.78 is 22.7. The maximum atomic E-state index is 12.8. The highest BCUT2D eigenvalue weighted by molar-refractivity contribution is 6.04. The van der Waals surface area contributed by atoms with Crippen molar-refractivity contribution < 1.29 is 23.7 Å². The van der Waals surface area contributed by atoms with Crippen LogP contribution in [-0.4, -0.2) is 48.9 Å². The van der Waals surface area contributed by atoms with Gasteiger partial charge in [0.05, 0.1) is 39.8 Å². The van der Waals surface area contributed by atoms with Crippen LogP contribution in [-0.2, 0) is 0 Å². The van der Waals surface area contributed by atoms with Gasteiger partial charge < -0.3 is 24.3 Å². The Bertz CT molecular complexity index is 1280. The zero-order valence-electron chi connectivity index (χ0n) is 18.1. The molecule has 0 spiro atoms. The predicted molar refractivity (Wildman–Crippen MR) is 119 cm³/mol. The number of nitrogens with zero attached hydrogens (tertiary/aromatic N) is 3. The van der Waals surface area contributed by atoms with E-state index in [0.717, 1.165) is 5.56 Å². The fourth-order valence-electron chi connectivity index (χ4n) is 3.24. The summed E-state index contributed by atoms with van der Waals surface area (Å²) in [5, 5.41) is 7.14. The van der Waals surface area contributed by atoms with Crippen LogP contribution in [0.5, 0.6) is 23.0 Å². The lowest BCUT2D eigenvalue weighted by atomic mass is 10.1. The first-order valence-electron chi connectivity index (χ1n) is 9.68. The molecule has 0 radical (unpaired) electrons. The van der Waals surface area contributed by atoms with E-state index in [1.807, 2.05) is 24.3 Å². The van der Waals surface area contributed by atoms with Gasteiger partial charge in [-0.1, -0.05) is 0 Å². The molecular weight excluding hydrogens is 412 g/mol. The monoisotopic (exact) mass is 434 g/mol. The van der Waals surface area contributed by atoms with E-state index in [0.29, 0.717) is 40.0 Å². The van der Waals surface area contributed by atoms with Crippen molar-refractivity contribution in [2.45, 2.75) is 0 Å². The Morgan fingerprint density at radius 1 is 0.844 bits per heavy atom. The topological polar surface area (TPSA) is 96.2 Å². The molecule has 0 aliphatic heterocycles. The number of anilines is 1. The SMILES string of the molecule is COc1ccc(NC(=O)c2cc3nc(-c4ccc(OC)c(OC)c4)ccn3n2)c(OC)c1. The van der Waals surface area contributed by atoms with E-state index in [4.69, 9.17) is 18.9 Å². The van der Waals surface area contributed by atoms with Crippen molar-refractivity contribution in [2.75, 3.05) is 33.8 Å². The summed E-state index contributed by atoms with van der Waals surface area (Å²) in [5.41, 5.74) is 2.82. The Hall–Kier alpha value is -4.27. The Morgan fingerprint density at radius 3 is 2.34 bits per heavy atom. The Balaban J connectivity index is 1.61. The minimum Gasteiger partial charge on any atom is -0.497 e. The molecule has 1 N–H and O–H groups in total. The quantitative estimate of drug-likeness (QED) is 0.474. The normalized spacial score (nSPS) is 10.6. The second kappa shape index (κ2) is 8.84. The van der Waals surface area contributed by atoms with Gasteiger partial charge in [0, 0.05) is 23.9 Å². The van der Waals surface area contributed by atoms with Gasteiger partial charge in [-0.3, -0.25) is 4.79 Å². The van der Waals surface area contributed by atoms with Crippen LogP contribution in [0.1, 0.15) is 10.5 Å². The summed E-state index contributed by atoms with van der Waals surface area (Å²) >= 11 is 0. The molecule has 2 aromatic carbocycles. The van der Waals surface area contributed by atoms with Crippen LogP contribution >= 0.6 is 0 Å². The third kappa shape index (κ3) is 4.00. The van der Waals surface area contributed by atoms with E-state index in [1.54, 1.807) is 56.3 Å². The van der Waals surface area contributed by atoms with E-state index < -0.39 is 0 Å². The average Bonchev–Trinajstić information content (AvgIpc) is 3.27. The molecule has 0 fully saturated rings. The van der Waals surface area contributed by atoms with Crippen molar-refractivity contribution in [3.05, 3.63) is 60.4 Å². The van der Waals surface area contributed by atoms with Crippen LogP contribution in [0.4, 0.5) is 5.69 Å². The highest BCUT2D eigenvalue weighted by Gasteiger charge is 2.16. The average molecular weight is 434 g/mol. The van der Waals surface area contributed by atoms with Gasteiger partial charge in [-0.2, -0.15) is 5.10 Å². The van der Waals surface area contributed by atoms with Gasteiger partial charge in [-0.05, 0) is 36.4 Å². The van der Waals surface area contributed by atoms with Gasteiger partial charge in [0.1, 0.15) is 11.5 Å². The van der Waals surface area contributed by atoms with Crippen molar-refractivity contribution in [1.82, 2.24) is 14.6 Å². The van der Waals surface area contributed by atoms with Crippen molar-refractivity contribution in [1.29, 1.82) is 0 Å². The fourth-order valence-corrected chi connectivity index (χ4v) is 3.24. The van der Waals surface area contributed by atoms with Crippen LogP contribution in [0, 0.1) is 0 Å². The Labute approximate surface area is 184 Å². The van der Waals surface area contributed by atoms with Crippen molar-refractivity contribution in [2.24, 2.45) is 0 Å². The third-order valence-corrected chi connectivity index (χ3v) is 4.89. The summed E-state index contributed by atoms with van der Waals surface area (Å²) in [7, 11) is 6.25. The standard InChI is InChI=1S/C23H22N4O5/c1-29-15-6-7-17(20(12-15)31-3)25-23(28)18-13-22-24-16(9-10-27(22)26-18)14-5-8-19(30-2)21(11-14)32-4/h5-13H,1-4H3,(H,25,28). The fraction of sp³-hybridized carbons (Fsp3) is 0.174. The van der Waals surface area contributed by atoms with Crippen molar-refractivity contribution >= 4 is 17.2 Å². The van der Waals surface area contributed by atoms with Gasteiger partial charge in [0.2, 0.25) is 0 Å². The van der Waals surface area contributed by atoms with Crippen LogP contribution in [0.2, 0.25) is 0 Å². The lowest BCUT2D eigenvalue weighted by Gasteiger charge is -2.10. The summed E-state index contributed by atoms with van der Waals surface area (Å²) in [6.07, 6.45) is 1.75. The molecule has 164 valence electrons. The second-order valence-electron chi connectivity index (χ2n) is 6.74. The van der Waals surface area contributed by atoms with E-state index in [2.05, 4.69) is 15.4 Å². The van der Waals surface area contributed by atoms with E-state index in [9.17, 15) is 4.79 Å². The number of methoxy groups -OCH3 is 4. The van der Waals surface area contributed by atoms with Crippen molar-refractivity contribution in [3.8, 4) is 34.3 Å². The first-order valence-corrected chi connectivity index (χ1v) is 9.68. The number of ether oxygens (including phenoxy) is 4. The van der Waals surface area contributed by atoms with Gasteiger partial charge in [0.25, 0.3) is 5.91 Å².